The number of aromatic nitrogens is 3. The fraction of sp³-hybridized carbons (Fsp3) is 0.635. The number of rotatable bonds is 50. The second-order valence-electron chi connectivity index (χ2n) is 33.2. The Labute approximate surface area is 776 Å². The molecule has 0 fully saturated rings. The second-order valence-corrected chi connectivity index (χ2v) is 35.6. The summed E-state index contributed by atoms with van der Waals surface area (Å²) in [6.45, 7) is 11.8. The summed E-state index contributed by atoms with van der Waals surface area (Å²) in [6.07, 6.45) is 0.811. The van der Waals surface area contributed by atoms with Gasteiger partial charge in [0.15, 0.2) is 0 Å². The Balaban J connectivity index is 1.64. The number of amides is 17. The van der Waals surface area contributed by atoms with Crippen molar-refractivity contribution >= 4 is 136 Å². The van der Waals surface area contributed by atoms with E-state index in [1.165, 1.54) is 74.2 Å². The minimum Gasteiger partial charge on any atom is -0.394 e. The van der Waals surface area contributed by atoms with Crippen molar-refractivity contribution < 1.29 is 102 Å². The number of hydrogen-bond acceptors (Lipinski definition) is 27. The van der Waals surface area contributed by atoms with Crippen LogP contribution in [0.1, 0.15) is 163 Å². The van der Waals surface area contributed by atoms with Crippen LogP contribution in [0.15, 0.2) is 60.8 Å². The molecule has 3 aromatic rings. The van der Waals surface area contributed by atoms with Crippen LogP contribution in [-0.4, -0.2) is 295 Å². The summed E-state index contributed by atoms with van der Waals surface area (Å²) < 4.78 is 1.42. The standard InChI is InChI=1S/C85H135ClN22O21S2/c1-45(2)37-61(80(124)103-66(44-109)71(89)115)99-82(126)65-41-55-43-108(107-106-55)34-20-17-25-56(74(118)91-47(5)72(116)98-64(39-52-21-13-12-14-22-52)81(125)96-58(76(120)100-65)24-16-19-33-88)94-75(119)57(23-15-18-32-87)95-79(123)62(38-46(3)4)101-83(127)69(49(7)111)104-78(122)60(31-36-131-11)97-77(121)59(30-35-130-10)93-67(114)42-90-73(117)63(40-53-26-28-54(86)29-27-53)102-84(128)70(50(8)112)105-85(129)68(48(6)110)92-51(9)113/h12-14,21-22,26-29,43,45-50,56-66,68-70,109-112H,15-20,23-25,30-42,44,87-88H2,1-11H3,(H2,89,115)(H,90,117)(H,91,118)(H,92,113)(H,93,114)(H,94,119)(H,95,123)(H,96,125)(H,97,121)(H,98,116)(H,99,126)(H,100,120)(H,101,127)(H,102,128)(H,103,124)(H,104,122)(H,105,129)/t47-,48+,49+,50+,56-,57-,58-,59-,60-,61-,62-,63?,64-,65+,66-,68-,69-,70-/m0/s1. The number of aliphatic hydroxyl groups is 4. The lowest BCUT2D eigenvalue weighted by molar-refractivity contribution is -0.137. The lowest BCUT2D eigenvalue weighted by atomic mass is 10.0. The van der Waals surface area contributed by atoms with Gasteiger partial charge in [-0.05, 0) is 183 Å². The third-order valence-corrected chi connectivity index (χ3v) is 22.4. The van der Waals surface area contributed by atoms with Crippen LogP contribution in [0, 0.1) is 11.8 Å². The number of benzene rings is 2. The summed E-state index contributed by atoms with van der Waals surface area (Å²) in [5, 5.41) is 92.0. The fourth-order valence-corrected chi connectivity index (χ4v) is 14.8. The monoisotopic (exact) mass is 1900 g/mol. The average molecular weight is 1900 g/mol. The molecule has 0 saturated heterocycles. The van der Waals surface area contributed by atoms with Gasteiger partial charge in [0.05, 0.1) is 37.2 Å². The predicted molar refractivity (Wildman–Crippen MR) is 488 cm³/mol. The van der Waals surface area contributed by atoms with Crippen molar-refractivity contribution in [2.24, 2.45) is 29.0 Å². The van der Waals surface area contributed by atoms with Crippen molar-refractivity contribution in [3.8, 4) is 0 Å². The van der Waals surface area contributed by atoms with E-state index in [4.69, 9.17) is 28.8 Å². The number of halogens is 1. The highest BCUT2D eigenvalue weighted by atomic mass is 35.5. The molecule has 18 atom stereocenters. The van der Waals surface area contributed by atoms with E-state index >= 15 is 0 Å². The molecular weight excluding hydrogens is 1760 g/mol. The third kappa shape index (κ3) is 40.9. The number of aliphatic hydroxyl groups excluding tert-OH is 4. The van der Waals surface area contributed by atoms with Crippen LogP contribution in [0.2, 0.25) is 5.02 Å². The van der Waals surface area contributed by atoms with Crippen molar-refractivity contribution in [2.45, 2.75) is 281 Å². The topological polar surface area (TPSA) is 672 Å². The van der Waals surface area contributed by atoms with E-state index in [0.717, 1.165) is 6.92 Å². The molecule has 0 radical (unpaired) electrons. The quantitative estimate of drug-likeness (QED) is 0.0236. The first kappa shape index (κ1) is 113. The summed E-state index contributed by atoms with van der Waals surface area (Å²) in [5.41, 5.74) is 18.4. The molecule has 0 spiro atoms. The SMILES string of the molecule is CSCC[C@H](NC(=O)CNC(=O)C(Cc1ccc(Cl)cc1)NC(=O)[C@@H](NC(=O)[C@@H](NC(C)=O)[C@@H](C)O)[C@@H](C)O)C(=O)N[C@@H](CCSC)C(=O)N[C@H](C(=O)N[C@@H](CC(C)C)C(=O)N[C@@H](CCCCN)C(=O)N[C@H]1CCCCn2cc(nn2)C[C@H](C(=O)N[C@@H](CC(C)C)C(=O)N[C@@H](CO)C(N)=O)NC(=O)[C@H](CCCCN)NC(=O)[C@H](Cc2ccccc2)NC(=O)[C@H](C)NC1=O)[C@@H](C)O. The Morgan fingerprint density at radius 3 is 1.58 bits per heavy atom. The normalized spacial score (nSPS) is 18.9. The second kappa shape index (κ2) is 59.0. The number of aryl methyl sites for hydroxylation is 1. The van der Waals surface area contributed by atoms with Gasteiger partial charge in [-0.15, -0.1) is 5.10 Å². The minimum absolute atomic E-state index is 0.0169. The molecule has 2 aromatic carbocycles. The van der Waals surface area contributed by atoms with Crippen LogP contribution in [0.5, 0.6) is 0 Å². The molecule has 0 aliphatic carbocycles. The summed E-state index contributed by atoms with van der Waals surface area (Å²) in [6, 6.07) is -7.73. The van der Waals surface area contributed by atoms with Gasteiger partial charge in [-0.2, -0.15) is 23.5 Å². The van der Waals surface area contributed by atoms with Crippen LogP contribution >= 0.6 is 35.1 Å². The highest BCUT2D eigenvalue weighted by Crippen LogP contribution is 2.18. The number of hydrogen-bond donors (Lipinski definition) is 23. The Bertz CT molecular complexity index is 4250. The average Bonchev–Trinajstić information content (AvgIpc) is 1.83. The largest absolute Gasteiger partial charge is 0.394 e. The van der Waals surface area contributed by atoms with Gasteiger partial charge in [-0.3, -0.25) is 86.2 Å². The van der Waals surface area contributed by atoms with Crippen molar-refractivity contribution in [1.82, 2.24) is 100 Å². The molecule has 1 aliphatic rings. The third-order valence-electron chi connectivity index (χ3n) is 20.9. The zero-order valence-electron chi connectivity index (χ0n) is 76.1. The molecule has 2 heterocycles. The van der Waals surface area contributed by atoms with Gasteiger partial charge < -0.3 is 123 Å². The maximum Gasteiger partial charge on any atom is 0.245 e. The van der Waals surface area contributed by atoms with E-state index in [1.54, 1.807) is 82.7 Å². The van der Waals surface area contributed by atoms with Crippen LogP contribution in [-0.2, 0) is 107 Å². The molecule has 2 bridgehead atoms. The zero-order valence-corrected chi connectivity index (χ0v) is 78.5. The van der Waals surface area contributed by atoms with E-state index in [0.29, 0.717) is 29.0 Å². The zero-order chi connectivity index (χ0) is 97.7. The number of nitrogens with two attached hydrogens (primary N) is 3. The van der Waals surface area contributed by atoms with E-state index in [1.807, 2.05) is 0 Å². The van der Waals surface area contributed by atoms with Crippen LogP contribution < -0.4 is 102 Å². The fourth-order valence-electron chi connectivity index (χ4n) is 13.7. The van der Waals surface area contributed by atoms with Gasteiger partial charge in [0.2, 0.25) is 100 Å². The molecule has 1 aromatic heterocycles. The first-order valence-corrected chi connectivity index (χ1v) is 47.0. The number of fused-ring (bicyclic) bond motifs is 2. The Morgan fingerprint density at radius 1 is 0.534 bits per heavy atom. The van der Waals surface area contributed by atoms with Crippen LogP contribution in [0.4, 0.5) is 0 Å². The Hall–Kier alpha value is -10.7. The predicted octanol–water partition coefficient (Wildman–Crippen LogP) is -4.95. The molecule has 0 saturated carbocycles. The molecule has 730 valence electrons. The van der Waals surface area contributed by atoms with Gasteiger partial charge in [0.1, 0.15) is 90.6 Å². The Kier molecular flexibility index (Phi) is 50.7. The summed E-state index contributed by atoms with van der Waals surface area (Å²) >= 11 is 8.72. The van der Waals surface area contributed by atoms with Gasteiger partial charge in [0, 0.05) is 44.0 Å². The van der Waals surface area contributed by atoms with Crippen LogP contribution in [0.25, 0.3) is 0 Å². The van der Waals surface area contributed by atoms with E-state index < -0.39 is 223 Å². The highest BCUT2D eigenvalue weighted by molar-refractivity contribution is 7.98. The van der Waals surface area contributed by atoms with E-state index in [9.17, 15) is 102 Å². The van der Waals surface area contributed by atoms with Crippen LogP contribution in [0.3, 0.4) is 0 Å². The first-order valence-electron chi connectivity index (χ1n) is 43.8. The molecular formula is C85H135ClN22O21S2. The molecule has 46 heteroatoms. The maximum absolute atomic E-state index is 15.0. The molecule has 1 unspecified atom stereocenters. The highest BCUT2D eigenvalue weighted by Gasteiger charge is 2.40. The number of thioether (sulfide) groups is 2. The van der Waals surface area contributed by atoms with Crippen molar-refractivity contribution in [1.29, 1.82) is 0 Å². The minimum atomic E-state index is -1.81. The van der Waals surface area contributed by atoms with Crippen molar-refractivity contribution in [2.75, 3.05) is 50.3 Å². The van der Waals surface area contributed by atoms with E-state index in [-0.39, 0.29) is 139 Å². The molecule has 26 N–H and O–H groups in total. The molecule has 43 nitrogen and oxygen atoms in total. The molecule has 1 aliphatic heterocycles. The molecule has 4 rings (SSSR count). The first-order chi connectivity index (χ1) is 62.0. The molecule has 17 amide bonds. The maximum atomic E-state index is 15.0. The van der Waals surface area contributed by atoms with Gasteiger partial charge in [-0.25, -0.2) is 0 Å². The van der Waals surface area contributed by atoms with E-state index in [2.05, 4.69) is 95.4 Å². The number of unbranched alkanes of at least 4 members (excludes halogenated alkanes) is 2. The van der Waals surface area contributed by atoms with Gasteiger partial charge in [-0.1, -0.05) is 87.0 Å². The summed E-state index contributed by atoms with van der Waals surface area (Å²) in [7, 11) is 0. The van der Waals surface area contributed by atoms with Gasteiger partial charge >= 0.3 is 0 Å². The number of primary amides is 1. The van der Waals surface area contributed by atoms with Gasteiger partial charge in [0.25, 0.3) is 0 Å². The lowest BCUT2D eigenvalue weighted by Crippen LogP contribution is -2.62. The smallest absolute Gasteiger partial charge is 0.245 e. The number of nitrogens with zero attached hydrogens (tertiary/aromatic N) is 3. The summed E-state index contributed by atoms with van der Waals surface area (Å²) in [4.78, 5) is 239. The van der Waals surface area contributed by atoms with Crippen molar-refractivity contribution in [3.63, 3.8) is 0 Å². The number of carbonyl (C=O) groups is 17. The molecule has 131 heavy (non-hydrogen) atoms. The number of carbonyl (C=O) groups excluding carboxylic acids is 17. The Morgan fingerprint density at radius 2 is 1.03 bits per heavy atom. The number of nitrogens with one attached hydrogen (secondary N) is 16. The lowest BCUT2D eigenvalue weighted by Gasteiger charge is -2.29. The van der Waals surface area contributed by atoms with Crippen molar-refractivity contribution in [3.05, 3.63) is 82.6 Å². The summed E-state index contributed by atoms with van der Waals surface area (Å²) in [5.74, 6) is -15.7.